The molecule has 14 heavy (non-hydrogen) atoms. The van der Waals surface area contributed by atoms with Crippen molar-refractivity contribution in [2.75, 3.05) is 20.7 Å². The number of methoxy groups -OCH3 is 1. The summed E-state index contributed by atoms with van der Waals surface area (Å²) >= 11 is 3.49. The van der Waals surface area contributed by atoms with Crippen LogP contribution in [0, 0.1) is 6.92 Å². The number of likely N-dealkylation sites (N-methyl/N-ethyl adjacent to an activating group) is 1. The van der Waals surface area contributed by atoms with Gasteiger partial charge < -0.3 is 10.1 Å². The lowest BCUT2D eigenvalue weighted by molar-refractivity contribution is 0.406. The maximum absolute atomic E-state index is 5.38. The molecule has 1 N–H and O–H groups in total. The third-order valence-corrected chi connectivity index (χ3v) is 2.90. The van der Waals surface area contributed by atoms with E-state index in [-0.39, 0.29) is 0 Å². The average molecular weight is 258 g/mol. The molecule has 0 spiro atoms. The van der Waals surface area contributed by atoms with Crippen LogP contribution in [0.4, 0.5) is 0 Å². The molecular weight excluding hydrogens is 242 g/mol. The summed E-state index contributed by atoms with van der Waals surface area (Å²) < 4.78 is 6.40. The first-order valence-corrected chi connectivity index (χ1v) is 5.46. The lowest BCUT2D eigenvalue weighted by Crippen LogP contribution is -2.12. The monoisotopic (exact) mass is 257 g/mol. The minimum absolute atomic E-state index is 0.959. The topological polar surface area (TPSA) is 21.3 Å². The number of aryl methyl sites for hydroxylation is 1. The summed E-state index contributed by atoms with van der Waals surface area (Å²) in [5.74, 6) is 0.959. The molecule has 0 saturated carbocycles. The minimum Gasteiger partial charge on any atom is -0.495 e. The highest BCUT2D eigenvalue weighted by Gasteiger charge is 2.09. The van der Waals surface area contributed by atoms with Crippen LogP contribution in [0.25, 0.3) is 0 Å². The lowest BCUT2D eigenvalue weighted by Gasteiger charge is -2.13. The number of rotatable bonds is 4. The van der Waals surface area contributed by atoms with Gasteiger partial charge in [0.05, 0.1) is 11.6 Å². The Morgan fingerprint density at radius 3 is 2.71 bits per heavy atom. The normalized spacial score (nSPS) is 10.3. The Balaban J connectivity index is 3.03. The largest absolute Gasteiger partial charge is 0.495 e. The Morgan fingerprint density at radius 1 is 1.43 bits per heavy atom. The third kappa shape index (κ3) is 2.49. The summed E-state index contributed by atoms with van der Waals surface area (Å²) in [6.07, 6.45) is 0.991. The molecule has 0 saturated heterocycles. The standard InChI is InChI=1S/C11H16BrNO/c1-8-4-5-10(12)11(14-3)9(8)6-7-13-2/h4-5,13H,6-7H2,1-3H3. The van der Waals surface area contributed by atoms with Gasteiger partial charge in [0.25, 0.3) is 0 Å². The van der Waals surface area contributed by atoms with Gasteiger partial charge in [0.2, 0.25) is 0 Å². The Morgan fingerprint density at radius 2 is 2.14 bits per heavy atom. The quantitative estimate of drug-likeness (QED) is 0.896. The Hall–Kier alpha value is -0.540. The predicted octanol–water partition coefficient (Wildman–Crippen LogP) is 2.53. The average Bonchev–Trinajstić information content (AvgIpc) is 2.19. The predicted molar refractivity (Wildman–Crippen MR) is 63.1 cm³/mol. The summed E-state index contributed by atoms with van der Waals surface area (Å²) in [6.45, 7) is 3.08. The molecule has 0 heterocycles. The van der Waals surface area contributed by atoms with Crippen molar-refractivity contribution in [1.82, 2.24) is 5.32 Å². The molecule has 1 aromatic carbocycles. The van der Waals surface area contributed by atoms with Gasteiger partial charge in [0.15, 0.2) is 0 Å². The Kier molecular flexibility index (Phi) is 4.42. The molecule has 0 atom stereocenters. The van der Waals surface area contributed by atoms with Crippen LogP contribution in [-0.2, 0) is 6.42 Å². The van der Waals surface area contributed by atoms with E-state index in [9.17, 15) is 0 Å². The van der Waals surface area contributed by atoms with Crippen molar-refractivity contribution in [3.63, 3.8) is 0 Å². The van der Waals surface area contributed by atoms with Crippen LogP contribution in [0.1, 0.15) is 11.1 Å². The van der Waals surface area contributed by atoms with Crippen LogP contribution in [0.2, 0.25) is 0 Å². The van der Waals surface area contributed by atoms with E-state index in [1.54, 1.807) is 7.11 Å². The van der Waals surface area contributed by atoms with Crippen molar-refractivity contribution in [3.8, 4) is 5.75 Å². The maximum atomic E-state index is 5.38. The van der Waals surface area contributed by atoms with E-state index in [0.717, 1.165) is 23.2 Å². The van der Waals surface area contributed by atoms with E-state index in [2.05, 4.69) is 34.2 Å². The fourth-order valence-electron chi connectivity index (χ4n) is 1.48. The van der Waals surface area contributed by atoms with E-state index in [1.807, 2.05) is 13.1 Å². The summed E-state index contributed by atoms with van der Waals surface area (Å²) in [5.41, 5.74) is 2.55. The Bertz CT molecular complexity index is 312. The van der Waals surface area contributed by atoms with Gasteiger partial charge in [0.1, 0.15) is 5.75 Å². The van der Waals surface area contributed by atoms with Gasteiger partial charge in [-0.2, -0.15) is 0 Å². The van der Waals surface area contributed by atoms with E-state index in [0.29, 0.717) is 0 Å². The molecule has 78 valence electrons. The van der Waals surface area contributed by atoms with Crippen LogP contribution in [0.3, 0.4) is 0 Å². The number of hydrogen-bond acceptors (Lipinski definition) is 2. The van der Waals surface area contributed by atoms with E-state index >= 15 is 0 Å². The molecule has 1 rings (SSSR count). The van der Waals surface area contributed by atoms with Gasteiger partial charge in [-0.3, -0.25) is 0 Å². The molecule has 0 fully saturated rings. The minimum atomic E-state index is 0.959. The van der Waals surface area contributed by atoms with Crippen molar-refractivity contribution in [3.05, 3.63) is 27.7 Å². The number of hydrogen-bond donors (Lipinski definition) is 1. The van der Waals surface area contributed by atoms with Gasteiger partial charge in [0, 0.05) is 0 Å². The first-order chi connectivity index (χ1) is 6.70. The van der Waals surface area contributed by atoms with Crippen molar-refractivity contribution >= 4 is 15.9 Å². The third-order valence-electron chi connectivity index (χ3n) is 2.28. The molecule has 0 unspecified atom stereocenters. The summed E-state index contributed by atoms with van der Waals surface area (Å²) in [6, 6.07) is 4.13. The molecule has 0 amide bonds. The zero-order chi connectivity index (χ0) is 10.6. The molecule has 0 aliphatic carbocycles. The van der Waals surface area contributed by atoms with E-state index in [4.69, 9.17) is 4.74 Å². The fraction of sp³-hybridized carbons (Fsp3) is 0.455. The lowest BCUT2D eigenvalue weighted by atomic mass is 10.0. The van der Waals surface area contributed by atoms with Crippen LogP contribution < -0.4 is 10.1 Å². The van der Waals surface area contributed by atoms with Crippen LogP contribution in [0.15, 0.2) is 16.6 Å². The van der Waals surface area contributed by atoms with Gasteiger partial charge in [-0.15, -0.1) is 0 Å². The molecule has 3 heteroatoms. The number of benzene rings is 1. The summed E-state index contributed by atoms with van der Waals surface area (Å²) in [4.78, 5) is 0. The van der Waals surface area contributed by atoms with E-state index in [1.165, 1.54) is 11.1 Å². The zero-order valence-corrected chi connectivity index (χ0v) is 10.4. The maximum Gasteiger partial charge on any atom is 0.136 e. The van der Waals surface area contributed by atoms with Crippen molar-refractivity contribution in [1.29, 1.82) is 0 Å². The van der Waals surface area contributed by atoms with Gasteiger partial charge >= 0.3 is 0 Å². The molecule has 0 aromatic heterocycles. The number of ether oxygens (including phenoxy) is 1. The SMILES string of the molecule is CNCCc1c(C)ccc(Br)c1OC. The zero-order valence-electron chi connectivity index (χ0n) is 8.86. The highest BCUT2D eigenvalue weighted by atomic mass is 79.9. The molecule has 0 bridgehead atoms. The van der Waals surface area contributed by atoms with Crippen LogP contribution >= 0.6 is 15.9 Å². The summed E-state index contributed by atoms with van der Waals surface area (Å²) in [7, 11) is 3.67. The smallest absolute Gasteiger partial charge is 0.136 e. The molecule has 0 aliphatic rings. The highest BCUT2D eigenvalue weighted by molar-refractivity contribution is 9.10. The molecule has 0 radical (unpaired) electrons. The van der Waals surface area contributed by atoms with Crippen LogP contribution in [-0.4, -0.2) is 20.7 Å². The molecule has 1 aromatic rings. The second kappa shape index (κ2) is 5.37. The van der Waals surface area contributed by atoms with Gasteiger partial charge in [-0.05, 0) is 60.1 Å². The number of halogens is 1. The van der Waals surface area contributed by atoms with Crippen molar-refractivity contribution in [2.45, 2.75) is 13.3 Å². The van der Waals surface area contributed by atoms with Crippen LogP contribution in [0.5, 0.6) is 5.75 Å². The second-order valence-electron chi connectivity index (χ2n) is 3.23. The second-order valence-corrected chi connectivity index (χ2v) is 4.08. The van der Waals surface area contributed by atoms with Crippen molar-refractivity contribution < 1.29 is 4.74 Å². The van der Waals surface area contributed by atoms with Gasteiger partial charge in [-0.25, -0.2) is 0 Å². The first kappa shape index (κ1) is 11.5. The fourth-order valence-corrected chi connectivity index (χ4v) is 2.01. The van der Waals surface area contributed by atoms with Crippen molar-refractivity contribution in [2.24, 2.45) is 0 Å². The number of nitrogens with one attached hydrogen (secondary N) is 1. The molecular formula is C11H16BrNO. The van der Waals surface area contributed by atoms with E-state index < -0.39 is 0 Å². The highest BCUT2D eigenvalue weighted by Crippen LogP contribution is 2.31. The summed E-state index contributed by atoms with van der Waals surface area (Å²) in [5, 5.41) is 3.14. The first-order valence-electron chi connectivity index (χ1n) is 4.67. The Labute approximate surface area is 93.8 Å². The van der Waals surface area contributed by atoms with Gasteiger partial charge in [-0.1, -0.05) is 6.07 Å². The molecule has 0 aliphatic heterocycles. The molecule has 2 nitrogen and oxygen atoms in total.